The molecule has 2 aromatic rings. The maximum Gasteiger partial charge on any atom is 0.193 e. The fourth-order valence-corrected chi connectivity index (χ4v) is 4.03. The van der Waals surface area contributed by atoms with Gasteiger partial charge in [-0.05, 0) is 18.6 Å². The van der Waals surface area contributed by atoms with Crippen LogP contribution in [0.4, 0.5) is 0 Å². The van der Waals surface area contributed by atoms with Crippen molar-refractivity contribution in [3.8, 4) is 5.69 Å². The number of nitrogens with one attached hydrogen (secondary N) is 1. The molecule has 1 N–H and O–H groups in total. The van der Waals surface area contributed by atoms with Crippen molar-refractivity contribution in [1.82, 2.24) is 20.0 Å². The van der Waals surface area contributed by atoms with Crippen molar-refractivity contribution in [2.24, 2.45) is 4.99 Å². The van der Waals surface area contributed by atoms with Gasteiger partial charge < -0.3 is 10.2 Å². The Hall–Kier alpha value is -1.95. The maximum atomic E-state index is 4.46. The van der Waals surface area contributed by atoms with E-state index in [4.69, 9.17) is 0 Å². The lowest BCUT2D eigenvalue weighted by molar-refractivity contribution is 0.408. The molecule has 3 rings (SSSR count). The molecule has 1 aliphatic rings. The molecule has 1 aromatic heterocycles. The minimum Gasteiger partial charge on any atom is -0.352 e. The summed E-state index contributed by atoms with van der Waals surface area (Å²) >= 11 is 2.07. The van der Waals surface area contributed by atoms with Gasteiger partial charge in [-0.15, -0.1) is 0 Å². The molecular weight excluding hydrogens is 318 g/mol. The third-order valence-electron chi connectivity index (χ3n) is 4.21. The number of nitrogens with zero attached hydrogens (tertiary/aromatic N) is 4. The van der Waals surface area contributed by atoms with E-state index in [-0.39, 0.29) is 0 Å². The zero-order chi connectivity index (χ0) is 16.8. The topological polar surface area (TPSA) is 45.4 Å². The van der Waals surface area contributed by atoms with E-state index < -0.39 is 0 Å². The Kier molecular flexibility index (Phi) is 5.80. The highest BCUT2D eigenvalue weighted by Crippen LogP contribution is 2.21. The second-order valence-corrected chi connectivity index (χ2v) is 7.28. The lowest BCUT2D eigenvalue weighted by atomic mass is 10.3. The van der Waals surface area contributed by atoms with Crippen molar-refractivity contribution in [3.05, 3.63) is 48.3 Å². The minimum atomic E-state index is 0.707. The number of benzene rings is 1. The molecule has 1 aromatic carbocycles. The fourth-order valence-electron chi connectivity index (χ4n) is 2.85. The Morgan fingerprint density at radius 3 is 2.96 bits per heavy atom. The standard InChI is InChI=1S/C18H25N5S/c1-3-17-14-22(9-10-24-17)18(19-2)20-11-15-12-21-23(13-15)16-7-5-4-6-8-16/h4-8,12-13,17H,3,9-11,14H2,1-2H3,(H,19,20). The van der Waals surface area contributed by atoms with Gasteiger partial charge in [-0.2, -0.15) is 16.9 Å². The average Bonchev–Trinajstić information content (AvgIpc) is 3.12. The number of thioether (sulfide) groups is 1. The minimum absolute atomic E-state index is 0.707. The first-order chi connectivity index (χ1) is 11.8. The quantitative estimate of drug-likeness (QED) is 0.685. The van der Waals surface area contributed by atoms with Crippen LogP contribution in [0.3, 0.4) is 0 Å². The highest BCUT2D eigenvalue weighted by Gasteiger charge is 2.21. The van der Waals surface area contributed by atoms with Gasteiger partial charge in [0.15, 0.2) is 5.96 Å². The lowest BCUT2D eigenvalue weighted by Crippen LogP contribution is -2.47. The van der Waals surface area contributed by atoms with Crippen LogP contribution in [0.2, 0.25) is 0 Å². The van der Waals surface area contributed by atoms with E-state index in [9.17, 15) is 0 Å². The SMILES string of the molecule is CCC1CN(C(=NC)NCc2cnn(-c3ccccc3)c2)CCS1. The van der Waals surface area contributed by atoms with E-state index in [0.717, 1.165) is 36.8 Å². The molecule has 0 bridgehead atoms. The molecule has 5 nitrogen and oxygen atoms in total. The van der Waals surface area contributed by atoms with Crippen LogP contribution >= 0.6 is 11.8 Å². The molecule has 1 fully saturated rings. The van der Waals surface area contributed by atoms with Gasteiger partial charge in [-0.3, -0.25) is 4.99 Å². The lowest BCUT2D eigenvalue weighted by Gasteiger charge is -2.34. The molecule has 0 radical (unpaired) electrons. The van der Waals surface area contributed by atoms with Crippen LogP contribution in [0.15, 0.2) is 47.7 Å². The second kappa shape index (κ2) is 8.24. The first-order valence-corrected chi connectivity index (χ1v) is 9.51. The molecule has 0 aliphatic carbocycles. The van der Waals surface area contributed by atoms with Gasteiger partial charge in [0.25, 0.3) is 0 Å². The van der Waals surface area contributed by atoms with E-state index in [1.807, 2.05) is 36.1 Å². The van der Waals surface area contributed by atoms with Gasteiger partial charge in [-0.1, -0.05) is 25.1 Å². The first kappa shape index (κ1) is 16.9. The summed E-state index contributed by atoms with van der Waals surface area (Å²) in [5.74, 6) is 2.16. The molecule has 1 saturated heterocycles. The van der Waals surface area contributed by atoms with Crippen LogP contribution in [-0.4, -0.2) is 51.8 Å². The highest BCUT2D eigenvalue weighted by molar-refractivity contribution is 8.00. The number of aromatic nitrogens is 2. The molecule has 1 aliphatic heterocycles. The normalized spacial score (nSPS) is 18.7. The molecule has 0 saturated carbocycles. The monoisotopic (exact) mass is 343 g/mol. The van der Waals surface area contributed by atoms with Gasteiger partial charge in [-0.25, -0.2) is 4.68 Å². The summed E-state index contributed by atoms with van der Waals surface area (Å²) in [5.41, 5.74) is 2.23. The van der Waals surface area contributed by atoms with Crippen molar-refractivity contribution >= 4 is 17.7 Å². The molecule has 1 atom stereocenters. The number of aliphatic imine (C=N–C) groups is 1. The number of para-hydroxylation sites is 1. The van der Waals surface area contributed by atoms with E-state index >= 15 is 0 Å². The predicted molar refractivity (Wildman–Crippen MR) is 102 cm³/mol. The Bertz CT molecular complexity index is 667. The molecule has 128 valence electrons. The Morgan fingerprint density at radius 1 is 1.38 bits per heavy atom. The van der Waals surface area contributed by atoms with Gasteiger partial charge in [0.2, 0.25) is 0 Å². The number of rotatable bonds is 4. The summed E-state index contributed by atoms with van der Waals surface area (Å²) in [6.45, 7) is 5.13. The van der Waals surface area contributed by atoms with Crippen LogP contribution in [0.5, 0.6) is 0 Å². The molecule has 1 unspecified atom stereocenters. The van der Waals surface area contributed by atoms with Gasteiger partial charge >= 0.3 is 0 Å². The van der Waals surface area contributed by atoms with Crippen LogP contribution in [0, 0.1) is 0 Å². The Balaban J connectivity index is 1.59. The van der Waals surface area contributed by atoms with Crippen molar-refractivity contribution < 1.29 is 0 Å². The summed E-state index contributed by atoms with van der Waals surface area (Å²) in [6, 6.07) is 10.2. The van der Waals surface area contributed by atoms with Crippen LogP contribution in [0.1, 0.15) is 18.9 Å². The number of guanidine groups is 1. The first-order valence-electron chi connectivity index (χ1n) is 8.46. The Morgan fingerprint density at radius 2 is 2.21 bits per heavy atom. The molecule has 6 heteroatoms. The van der Waals surface area contributed by atoms with Crippen molar-refractivity contribution in [3.63, 3.8) is 0 Å². The van der Waals surface area contributed by atoms with Crippen molar-refractivity contribution in [1.29, 1.82) is 0 Å². The molecular formula is C18H25N5S. The van der Waals surface area contributed by atoms with E-state index in [1.54, 1.807) is 0 Å². The van der Waals surface area contributed by atoms with Gasteiger partial charge in [0.05, 0.1) is 11.9 Å². The molecule has 24 heavy (non-hydrogen) atoms. The number of hydrogen-bond acceptors (Lipinski definition) is 3. The zero-order valence-corrected chi connectivity index (χ0v) is 15.2. The maximum absolute atomic E-state index is 4.46. The van der Waals surface area contributed by atoms with Crippen molar-refractivity contribution in [2.45, 2.75) is 25.1 Å². The zero-order valence-electron chi connectivity index (χ0n) is 14.4. The predicted octanol–water partition coefficient (Wildman–Crippen LogP) is 2.78. The molecule has 2 heterocycles. The number of hydrogen-bond donors (Lipinski definition) is 1. The summed E-state index contributed by atoms with van der Waals surface area (Å²) in [6.07, 6.45) is 5.19. The summed E-state index contributed by atoms with van der Waals surface area (Å²) in [7, 11) is 1.86. The third kappa shape index (κ3) is 4.12. The van der Waals surface area contributed by atoms with Crippen LogP contribution < -0.4 is 5.32 Å². The van der Waals surface area contributed by atoms with Gasteiger partial charge in [0.1, 0.15) is 0 Å². The molecule has 0 amide bonds. The highest BCUT2D eigenvalue weighted by atomic mass is 32.2. The third-order valence-corrected chi connectivity index (χ3v) is 5.58. The fraction of sp³-hybridized carbons (Fsp3) is 0.444. The Labute approximate surface area is 148 Å². The van der Waals surface area contributed by atoms with E-state index in [0.29, 0.717) is 5.25 Å². The summed E-state index contributed by atoms with van der Waals surface area (Å²) in [4.78, 5) is 6.82. The smallest absolute Gasteiger partial charge is 0.193 e. The van der Waals surface area contributed by atoms with E-state index in [2.05, 4.69) is 57.3 Å². The van der Waals surface area contributed by atoms with Gasteiger partial charge in [0, 0.05) is 49.4 Å². The van der Waals surface area contributed by atoms with Crippen LogP contribution in [-0.2, 0) is 6.54 Å². The summed E-state index contributed by atoms with van der Waals surface area (Å²) < 4.78 is 1.91. The average molecular weight is 344 g/mol. The van der Waals surface area contributed by atoms with E-state index in [1.165, 1.54) is 12.2 Å². The van der Waals surface area contributed by atoms with Crippen molar-refractivity contribution in [2.75, 3.05) is 25.9 Å². The largest absolute Gasteiger partial charge is 0.352 e. The molecule has 0 spiro atoms. The van der Waals surface area contributed by atoms with Crippen LogP contribution in [0.25, 0.3) is 5.69 Å². The second-order valence-electron chi connectivity index (χ2n) is 5.88. The summed E-state index contributed by atoms with van der Waals surface area (Å²) in [5, 5.41) is 8.63.